The number of hydrazine groups is 1. The molecular weight excluding hydrogens is 204 g/mol. The Kier molecular flexibility index (Phi) is 4.25. The molecular formula is C11H18N4O. The molecule has 0 bridgehead atoms. The maximum absolute atomic E-state index is 5.56. The van der Waals surface area contributed by atoms with Crippen LogP contribution in [0.5, 0.6) is 5.88 Å². The smallest absolute Gasteiger partial charge is 0.221 e. The van der Waals surface area contributed by atoms with Gasteiger partial charge in [-0.25, -0.2) is 10.8 Å². The number of nitrogens with two attached hydrogens (primary N) is 1. The summed E-state index contributed by atoms with van der Waals surface area (Å²) in [6, 6.07) is 0. The molecule has 0 atom stereocenters. The highest BCUT2D eigenvalue weighted by Crippen LogP contribution is 2.21. The molecule has 0 aromatic carbocycles. The van der Waals surface area contributed by atoms with Gasteiger partial charge in [-0.05, 0) is 20.8 Å². The van der Waals surface area contributed by atoms with Crippen molar-refractivity contribution in [1.82, 2.24) is 9.97 Å². The Bertz CT molecular complexity index is 390. The third-order valence-electron chi connectivity index (χ3n) is 2.12. The molecule has 1 aromatic rings. The molecule has 1 rings (SSSR count). The fourth-order valence-electron chi connectivity index (χ4n) is 1.21. The van der Waals surface area contributed by atoms with Crippen LogP contribution in [-0.2, 0) is 0 Å². The Hall–Kier alpha value is -1.62. The van der Waals surface area contributed by atoms with E-state index in [4.69, 9.17) is 10.6 Å². The highest BCUT2D eigenvalue weighted by Gasteiger charge is 2.09. The normalized spacial score (nSPS) is 10.0. The molecule has 1 heterocycles. The molecule has 0 aliphatic rings. The highest BCUT2D eigenvalue weighted by molar-refractivity contribution is 5.47. The van der Waals surface area contributed by atoms with Crippen LogP contribution in [-0.4, -0.2) is 16.6 Å². The van der Waals surface area contributed by atoms with Crippen LogP contribution in [0.15, 0.2) is 12.2 Å². The van der Waals surface area contributed by atoms with E-state index in [0.717, 1.165) is 17.6 Å². The summed E-state index contributed by atoms with van der Waals surface area (Å²) in [5.41, 5.74) is 4.43. The monoisotopic (exact) mass is 222 g/mol. The van der Waals surface area contributed by atoms with Crippen LogP contribution in [0.3, 0.4) is 0 Å². The SMILES string of the molecule is C=C(C)CCOc1nc(C)nc(NN)c1C. The van der Waals surface area contributed by atoms with Gasteiger partial charge >= 0.3 is 0 Å². The van der Waals surface area contributed by atoms with E-state index in [1.165, 1.54) is 0 Å². The summed E-state index contributed by atoms with van der Waals surface area (Å²) in [5, 5.41) is 0. The Labute approximate surface area is 95.7 Å². The lowest BCUT2D eigenvalue weighted by molar-refractivity contribution is 0.306. The van der Waals surface area contributed by atoms with E-state index in [-0.39, 0.29) is 0 Å². The molecule has 0 unspecified atom stereocenters. The van der Waals surface area contributed by atoms with Crippen molar-refractivity contribution in [3.63, 3.8) is 0 Å². The first kappa shape index (κ1) is 12.4. The zero-order valence-corrected chi connectivity index (χ0v) is 10.0. The average Bonchev–Trinajstić information content (AvgIpc) is 2.22. The van der Waals surface area contributed by atoms with E-state index in [1.54, 1.807) is 6.92 Å². The molecule has 0 aliphatic heterocycles. The van der Waals surface area contributed by atoms with E-state index < -0.39 is 0 Å². The second kappa shape index (κ2) is 5.46. The van der Waals surface area contributed by atoms with Crippen molar-refractivity contribution in [3.05, 3.63) is 23.5 Å². The molecule has 0 saturated carbocycles. The van der Waals surface area contributed by atoms with Crippen molar-refractivity contribution >= 4 is 5.82 Å². The fraction of sp³-hybridized carbons (Fsp3) is 0.455. The first-order valence-electron chi connectivity index (χ1n) is 5.13. The van der Waals surface area contributed by atoms with Crippen LogP contribution in [0.25, 0.3) is 0 Å². The van der Waals surface area contributed by atoms with Crippen molar-refractivity contribution in [2.75, 3.05) is 12.0 Å². The number of rotatable bonds is 5. The summed E-state index contributed by atoms with van der Waals surface area (Å²) >= 11 is 0. The first-order valence-corrected chi connectivity index (χ1v) is 5.13. The lowest BCUT2D eigenvalue weighted by Crippen LogP contribution is -2.13. The van der Waals surface area contributed by atoms with Crippen molar-refractivity contribution < 1.29 is 4.74 Å². The van der Waals surface area contributed by atoms with E-state index in [2.05, 4.69) is 22.0 Å². The van der Waals surface area contributed by atoms with Gasteiger partial charge in [0.05, 0.1) is 12.2 Å². The second-order valence-corrected chi connectivity index (χ2v) is 3.75. The van der Waals surface area contributed by atoms with Crippen LogP contribution < -0.4 is 16.0 Å². The zero-order chi connectivity index (χ0) is 12.1. The van der Waals surface area contributed by atoms with E-state index in [0.29, 0.717) is 24.1 Å². The molecule has 5 heteroatoms. The van der Waals surface area contributed by atoms with Crippen LogP contribution in [0.1, 0.15) is 24.7 Å². The minimum atomic E-state index is 0.566. The van der Waals surface area contributed by atoms with Gasteiger partial charge in [0.15, 0.2) is 0 Å². The van der Waals surface area contributed by atoms with Crippen molar-refractivity contribution in [3.8, 4) is 5.88 Å². The minimum absolute atomic E-state index is 0.566. The number of nitrogens with zero attached hydrogens (tertiary/aromatic N) is 2. The van der Waals surface area contributed by atoms with Crippen molar-refractivity contribution in [2.45, 2.75) is 27.2 Å². The Morgan fingerprint density at radius 1 is 1.44 bits per heavy atom. The van der Waals surface area contributed by atoms with Gasteiger partial charge in [-0.3, -0.25) is 0 Å². The number of aryl methyl sites for hydroxylation is 1. The summed E-state index contributed by atoms with van der Waals surface area (Å²) in [6.45, 7) is 10.0. The molecule has 3 N–H and O–H groups in total. The fourth-order valence-corrected chi connectivity index (χ4v) is 1.21. The lowest BCUT2D eigenvalue weighted by Gasteiger charge is -2.11. The molecule has 0 amide bonds. The molecule has 0 radical (unpaired) electrons. The van der Waals surface area contributed by atoms with Crippen LogP contribution in [0.4, 0.5) is 5.82 Å². The summed E-state index contributed by atoms with van der Waals surface area (Å²) < 4.78 is 5.56. The topological polar surface area (TPSA) is 73.1 Å². The Morgan fingerprint density at radius 3 is 2.69 bits per heavy atom. The number of aromatic nitrogens is 2. The number of nitrogen functional groups attached to an aromatic ring is 1. The molecule has 0 saturated heterocycles. The zero-order valence-electron chi connectivity index (χ0n) is 10.0. The maximum atomic E-state index is 5.56. The van der Waals surface area contributed by atoms with Gasteiger partial charge in [0.2, 0.25) is 5.88 Å². The van der Waals surface area contributed by atoms with Gasteiger partial charge in [0, 0.05) is 6.42 Å². The summed E-state index contributed by atoms with van der Waals surface area (Å²) in [4.78, 5) is 8.37. The Balaban J connectivity index is 2.78. The molecule has 0 fully saturated rings. The van der Waals surface area contributed by atoms with E-state index in [9.17, 15) is 0 Å². The van der Waals surface area contributed by atoms with Crippen molar-refractivity contribution in [1.29, 1.82) is 0 Å². The van der Waals surface area contributed by atoms with Gasteiger partial charge in [0.25, 0.3) is 0 Å². The third kappa shape index (κ3) is 3.20. The number of nitrogens with one attached hydrogen (secondary N) is 1. The largest absolute Gasteiger partial charge is 0.477 e. The third-order valence-corrected chi connectivity index (χ3v) is 2.12. The molecule has 88 valence electrons. The van der Waals surface area contributed by atoms with Crippen molar-refractivity contribution in [2.24, 2.45) is 5.84 Å². The molecule has 5 nitrogen and oxygen atoms in total. The summed E-state index contributed by atoms with van der Waals surface area (Å²) in [7, 11) is 0. The van der Waals surface area contributed by atoms with Gasteiger partial charge in [-0.2, -0.15) is 4.98 Å². The van der Waals surface area contributed by atoms with E-state index in [1.807, 2.05) is 13.8 Å². The maximum Gasteiger partial charge on any atom is 0.221 e. The van der Waals surface area contributed by atoms with Gasteiger partial charge < -0.3 is 10.2 Å². The average molecular weight is 222 g/mol. The molecule has 16 heavy (non-hydrogen) atoms. The first-order chi connectivity index (χ1) is 7.54. The number of hydrogen-bond donors (Lipinski definition) is 2. The Morgan fingerprint density at radius 2 is 2.12 bits per heavy atom. The standard InChI is InChI=1S/C11H18N4O/c1-7(2)5-6-16-11-8(3)10(15-12)13-9(4)14-11/h1,5-6,12H2,2-4H3,(H,13,14,15). The molecule has 1 aromatic heterocycles. The van der Waals surface area contributed by atoms with Crippen LogP contribution in [0.2, 0.25) is 0 Å². The van der Waals surface area contributed by atoms with Gasteiger partial charge in [-0.15, -0.1) is 6.58 Å². The highest BCUT2D eigenvalue weighted by atomic mass is 16.5. The number of hydrogen-bond acceptors (Lipinski definition) is 5. The quantitative estimate of drug-likeness (QED) is 0.451. The molecule has 0 aliphatic carbocycles. The van der Waals surface area contributed by atoms with Gasteiger partial charge in [-0.1, -0.05) is 5.57 Å². The second-order valence-electron chi connectivity index (χ2n) is 3.75. The summed E-state index contributed by atoms with van der Waals surface area (Å²) in [5.74, 6) is 7.15. The van der Waals surface area contributed by atoms with Crippen LogP contribution >= 0.6 is 0 Å². The number of anilines is 1. The minimum Gasteiger partial charge on any atom is -0.477 e. The van der Waals surface area contributed by atoms with Gasteiger partial charge in [0.1, 0.15) is 11.6 Å². The van der Waals surface area contributed by atoms with E-state index >= 15 is 0 Å². The number of ether oxygens (including phenoxy) is 1. The summed E-state index contributed by atoms with van der Waals surface area (Å²) in [6.07, 6.45) is 0.813. The van der Waals surface area contributed by atoms with Crippen LogP contribution in [0, 0.1) is 13.8 Å². The lowest BCUT2D eigenvalue weighted by atomic mass is 10.2. The predicted octanol–water partition coefficient (Wildman–Crippen LogP) is 1.72. The predicted molar refractivity (Wildman–Crippen MR) is 64.2 cm³/mol. The molecule has 0 spiro atoms.